The van der Waals surface area contributed by atoms with Crippen molar-refractivity contribution in [1.29, 1.82) is 0 Å². The van der Waals surface area contributed by atoms with E-state index >= 15 is 0 Å². The molecule has 2 aromatic heterocycles. The van der Waals surface area contributed by atoms with Crippen LogP contribution in [-0.2, 0) is 5.41 Å². The van der Waals surface area contributed by atoms with Crippen molar-refractivity contribution in [2.75, 3.05) is 4.90 Å². The molecule has 4 heteroatoms. The first-order valence-electron chi connectivity index (χ1n) is 23.0. The van der Waals surface area contributed by atoms with Crippen LogP contribution in [0.3, 0.4) is 0 Å². The summed E-state index contributed by atoms with van der Waals surface area (Å²) in [4.78, 5) is 2.36. The van der Waals surface area contributed by atoms with Gasteiger partial charge < -0.3 is 18.6 Å². The number of aromatic nitrogens is 1. The summed E-state index contributed by atoms with van der Waals surface area (Å²) in [7, 11) is 0. The number of anilines is 3. The fraction of sp³-hybridized carbons (Fsp3) is 0.0159. The summed E-state index contributed by atoms with van der Waals surface area (Å²) in [6.45, 7) is 0. The minimum atomic E-state index is -0.635. The predicted octanol–water partition coefficient (Wildman–Crippen LogP) is 16.9. The van der Waals surface area contributed by atoms with Crippen LogP contribution in [0, 0.1) is 0 Å². The van der Waals surface area contributed by atoms with Gasteiger partial charge in [-0.25, -0.2) is 0 Å². The lowest BCUT2D eigenvalue weighted by Crippen LogP contribution is -2.36. The van der Waals surface area contributed by atoms with Crippen LogP contribution in [0.5, 0.6) is 11.5 Å². The molecule has 15 rings (SSSR count). The zero-order chi connectivity index (χ0) is 43.8. The van der Waals surface area contributed by atoms with E-state index in [4.69, 9.17) is 9.15 Å². The van der Waals surface area contributed by atoms with Crippen LogP contribution in [-0.4, -0.2) is 4.57 Å². The van der Waals surface area contributed by atoms with Crippen molar-refractivity contribution in [2.24, 2.45) is 0 Å². The molecule has 1 aliphatic carbocycles. The van der Waals surface area contributed by atoms with Crippen molar-refractivity contribution in [3.05, 3.63) is 253 Å². The van der Waals surface area contributed by atoms with Crippen molar-refractivity contribution in [1.82, 2.24) is 4.57 Å². The van der Waals surface area contributed by atoms with Crippen LogP contribution in [0.25, 0.3) is 82.1 Å². The van der Waals surface area contributed by atoms with Gasteiger partial charge in [-0.15, -0.1) is 0 Å². The molecule has 0 amide bonds. The molecule has 0 saturated heterocycles. The maximum atomic E-state index is 7.16. The molecule has 0 bridgehead atoms. The Kier molecular flexibility index (Phi) is 7.40. The van der Waals surface area contributed by atoms with Gasteiger partial charge in [0.15, 0.2) is 0 Å². The fourth-order valence-electron chi connectivity index (χ4n) is 11.9. The van der Waals surface area contributed by atoms with Gasteiger partial charge in [-0.05, 0) is 93.0 Å². The van der Waals surface area contributed by atoms with Crippen LogP contribution in [0.1, 0.15) is 22.3 Å². The highest BCUT2D eigenvalue weighted by atomic mass is 16.5. The molecule has 11 aromatic carbocycles. The predicted molar refractivity (Wildman–Crippen MR) is 275 cm³/mol. The van der Waals surface area contributed by atoms with E-state index < -0.39 is 5.41 Å². The summed E-state index contributed by atoms with van der Waals surface area (Å²) in [5.74, 6) is 1.68. The van der Waals surface area contributed by atoms with Gasteiger partial charge in [0.25, 0.3) is 0 Å². The standard InChI is InChI=1S/C63H38N2O2/c1-2-18-44-39(14-1)15-13-27-55(44)65-56-26-8-4-20-46(56)47-33-30-41(36-57(47)65)64(42-31-34-49-48-21-5-9-28-58(48)66-60(49)37-42)43-32-35-53-61(38-43)67-59-29-10-7-24-52(59)63(53)51-23-6-3-19-45(51)50-22-11-16-40-17-12-25-54(63)62(40)50/h1-38H. The Morgan fingerprint density at radius 3 is 1.88 bits per heavy atom. The molecule has 0 N–H and O–H groups in total. The summed E-state index contributed by atoms with van der Waals surface area (Å²) >= 11 is 0. The summed E-state index contributed by atoms with van der Waals surface area (Å²) in [5, 5.41) is 9.52. The van der Waals surface area contributed by atoms with E-state index in [2.05, 4.69) is 228 Å². The zero-order valence-corrected chi connectivity index (χ0v) is 36.2. The molecule has 2 aliphatic rings. The highest BCUT2D eigenvalue weighted by Gasteiger charge is 2.49. The van der Waals surface area contributed by atoms with E-state index in [0.29, 0.717) is 0 Å². The number of hydrogen-bond acceptors (Lipinski definition) is 3. The summed E-state index contributed by atoms with van der Waals surface area (Å²) in [6.07, 6.45) is 0. The van der Waals surface area contributed by atoms with Gasteiger partial charge in [0.2, 0.25) is 0 Å². The van der Waals surface area contributed by atoms with Crippen LogP contribution < -0.4 is 9.64 Å². The first-order chi connectivity index (χ1) is 33.2. The summed E-state index contributed by atoms with van der Waals surface area (Å²) in [5.41, 5.74) is 14.8. The lowest BCUT2D eigenvalue weighted by Gasteiger charge is -2.45. The number of fused-ring (bicyclic) bond motifs is 15. The average molecular weight is 855 g/mol. The number of rotatable bonds is 4. The third-order valence-corrected chi connectivity index (χ3v) is 14.6. The van der Waals surface area contributed by atoms with E-state index in [-0.39, 0.29) is 0 Å². The highest BCUT2D eigenvalue weighted by Crippen LogP contribution is 2.61. The normalized spacial score (nSPS) is 14.7. The van der Waals surface area contributed by atoms with Crippen molar-refractivity contribution >= 4 is 82.4 Å². The van der Waals surface area contributed by atoms with E-state index in [1.165, 1.54) is 54.6 Å². The molecule has 1 spiro atoms. The van der Waals surface area contributed by atoms with E-state index in [1.54, 1.807) is 0 Å². The second-order valence-corrected chi connectivity index (χ2v) is 17.9. The van der Waals surface area contributed by atoms with Gasteiger partial charge >= 0.3 is 0 Å². The highest BCUT2D eigenvalue weighted by molar-refractivity contribution is 6.12. The molecule has 13 aromatic rings. The van der Waals surface area contributed by atoms with Gasteiger partial charge in [0, 0.05) is 67.3 Å². The maximum Gasteiger partial charge on any atom is 0.137 e. The molecule has 1 atom stereocenters. The van der Waals surface area contributed by atoms with Crippen LogP contribution in [0.15, 0.2) is 235 Å². The summed E-state index contributed by atoms with van der Waals surface area (Å²) in [6, 6.07) is 83.8. The Labute approximate surface area is 385 Å². The van der Waals surface area contributed by atoms with Gasteiger partial charge in [-0.3, -0.25) is 0 Å². The minimum Gasteiger partial charge on any atom is -0.457 e. The molecule has 0 radical (unpaired) electrons. The van der Waals surface area contributed by atoms with E-state index in [9.17, 15) is 0 Å². The molecular weight excluding hydrogens is 817 g/mol. The van der Waals surface area contributed by atoms with Gasteiger partial charge in [0.1, 0.15) is 22.7 Å². The Bertz CT molecular complexity index is 4220. The Morgan fingerprint density at radius 2 is 0.955 bits per heavy atom. The van der Waals surface area contributed by atoms with Crippen LogP contribution in [0.4, 0.5) is 17.1 Å². The van der Waals surface area contributed by atoms with Crippen LogP contribution in [0.2, 0.25) is 0 Å². The Hall–Kier alpha value is -8.86. The third-order valence-electron chi connectivity index (χ3n) is 14.6. The van der Waals surface area contributed by atoms with Crippen molar-refractivity contribution < 1.29 is 9.15 Å². The van der Waals surface area contributed by atoms with Crippen LogP contribution >= 0.6 is 0 Å². The first kappa shape index (κ1) is 36.5. The number of para-hydroxylation sites is 3. The molecular formula is C63H38N2O2. The molecule has 1 aliphatic heterocycles. The SMILES string of the molecule is c1ccc2c(c1)Oc1cc(N(c3ccc4c(c3)oc3ccccc34)c3ccc4c5ccccc5n(-c5cccc6ccccc56)c4c3)ccc1C21c2ccccc2-c2cccc3cccc1c23. The van der Waals surface area contributed by atoms with Gasteiger partial charge in [-0.1, -0.05) is 164 Å². The average Bonchev–Trinajstić information content (AvgIpc) is 3.92. The Morgan fingerprint density at radius 1 is 0.358 bits per heavy atom. The number of ether oxygens (including phenoxy) is 1. The van der Waals surface area contributed by atoms with Crippen molar-refractivity contribution in [2.45, 2.75) is 5.41 Å². The topological polar surface area (TPSA) is 30.5 Å². The first-order valence-corrected chi connectivity index (χ1v) is 23.0. The molecule has 312 valence electrons. The maximum absolute atomic E-state index is 7.16. The number of nitrogens with zero attached hydrogens (tertiary/aromatic N) is 2. The Balaban J connectivity index is 1.00. The quantitative estimate of drug-likeness (QED) is 0.177. The number of hydrogen-bond donors (Lipinski definition) is 0. The lowest BCUT2D eigenvalue weighted by atomic mass is 9.58. The zero-order valence-electron chi connectivity index (χ0n) is 36.2. The van der Waals surface area contributed by atoms with Gasteiger partial charge in [0.05, 0.1) is 22.1 Å². The second-order valence-electron chi connectivity index (χ2n) is 17.9. The second kappa shape index (κ2) is 13.6. The molecule has 0 saturated carbocycles. The molecule has 3 heterocycles. The summed E-state index contributed by atoms with van der Waals surface area (Å²) < 4.78 is 16.2. The minimum absolute atomic E-state index is 0.635. The fourth-order valence-corrected chi connectivity index (χ4v) is 11.9. The largest absolute Gasteiger partial charge is 0.457 e. The third kappa shape index (κ3) is 4.96. The van der Waals surface area contributed by atoms with Crippen molar-refractivity contribution in [3.8, 4) is 28.3 Å². The van der Waals surface area contributed by atoms with Crippen molar-refractivity contribution in [3.63, 3.8) is 0 Å². The molecule has 0 fully saturated rings. The van der Waals surface area contributed by atoms with Gasteiger partial charge in [-0.2, -0.15) is 0 Å². The molecule has 67 heavy (non-hydrogen) atoms. The molecule has 1 unspecified atom stereocenters. The number of furan rings is 1. The molecule has 4 nitrogen and oxygen atoms in total. The monoisotopic (exact) mass is 854 g/mol. The lowest BCUT2D eigenvalue weighted by molar-refractivity contribution is 0.435. The van der Waals surface area contributed by atoms with E-state index in [0.717, 1.165) is 78.3 Å². The van der Waals surface area contributed by atoms with E-state index in [1.807, 2.05) is 12.1 Å². The number of benzene rings is 11. The smallest absolute Gasteiger partial charge is 0.137 e.